The van der Waals surface area contributed by atoms with E-state index in [1.54, 1.807) is 0 Å². The van der Waals surface area contributed by atoms with Crippen LogP contribution in [0.1, 0.15) is 44.9 Å². The van der Waals surface area contributed by atoms with Gasteiger partial charge in [-0.05, 0) is 37.1 Å². The van der Waals surface area contributed by atoms with Crippen molar-refractivity contribution in [1.29, 1.82) is 0 Å². The summed E-state index contributed by atoms with van der Waals surface area (Å²) >= 11 is 6.25. The third-order valence-electron chi connectivity index (χ3n) is 4.18. The van der Waals surface area contributed by atoms with Crippen molar-refractivity contribution in [3.05, 3.63) is 35.5 Å². The van der Waals surface area contributed by atoms with E-state index in [0.29, 0.717) is 6.04 Å². The zero-order chi connectivity index (χ0) is 13.8. The van der Waals surface area contributed by atoms with Crippen molar-refractivity contribution in [2.45, 2.75) is 51.0 Å². The molecule has 1 aliphatic carbocycles. The Hall–Kier alpha value is -1.28. The molecule has 1 fully saturated rings. The minimum absolute atomic E-state index is 0.571. The van der Waals surface area contributed by atoms with Gasteiger partial charge in [-0.1, -0.05) is 43.7 Å². The predicted molar refractivity (Wildman–Crippen MR) is 86.5 cm³/mol. The maximum atomic E-state index is 6.25. The van der Waals surface area contributed by atoms with Gasteiger partial charge in [-0.2, -0.15) is 0 Å². The highest BCUT2D eigenvalue weighted by molar-refractivity contribution is 6.35. The molecule has 1 heterocycles. The Labute approximate surface area is 125 Å². The lowest BCUT2D eigenvalue weighted by Crippen LogP contribution is -2.20. The molecule has 3 heteroatoms. The van der Waals surface area contributed by atoms with E-state index in [2.05, 4.69) is 16.4 Å². The van der Waals surface area contributed by atoms with Crippen LogP contribution in [0.25, 0.3) is 10.9 Å². The minimum atomic E-state index is 0.571. The van der Waals surface area contributed by atoms with Gasteiger partial charge in [-0.3, -0.25) is 4.98 Å². The molecule has 0 radical (unpaired) electrons. The smallest absolute Gasteiger partial charge is 0.0948 e. The number of halogens is 1. The normalized spacial score (nSPS) is 17.6. The van der Waals surface area contributed by atoms with Crippen LogP contribution in [0.4, 0.5) is 5.69 Å². The number of rotatable bonds is 2. The summed E-state index contributed by atoms with van der Waals surface area (Å²) in [6, 6.07) is 8.58. The molecule has 106 valence electrons. The van der Waals surface area contributed by atoms with E-state index in [-0.39, 0.29) is 0 Å². The molecule has 2 aromatic rings. The summed E-state index contributed by atoms with van der Waals surface area (Å²) in [5.41, 5.74) is 2.11. The standard InChI is InChI=1S/C17H21ClN2/c18-15-10-11-16(17-14(15)9-6-12-19-17)20-13-7-4-2-1-3-5-8-13/h6,9-13,20H,1-5,7-8H2. The Kier molecular flexibility index (Phi) is 4.41. The average molecular weight is 289 g/mol. The van der Waals surface area contributed by atoms with Gasteiger partial charge in [0.15, 0.2) is 0 Å². The van der Waals surface area contributed by atoms with E-state index in [9.17, 15) is 0 Å². The molecule has 0 unspecified atom stereocenters. The molecule has 3 rings (SSSR count). The average Bonchev–Trinajstić information content (AvgIpc) is 2.44. The zero-order valence-corrected chi connectivity index (χ0v) is 12.5. The summed E-state index contributed by atoms with van der Waals surface area (Å²) in [4.78, 5) is 4.50. The Morgan fingerprint density at radius 1 is 1.00 bits per heavy atom. The third-order valence-corrected chi connectivity index (χ3v) is 4.51. The summed E-state index contributed by atoms with van der Waals surface area (Å²) in [6.45, 7) is 0. The van der Waals surface area contributed by atoms with Gasteiger partial charge in [0.1, 0.15) is 0 Å². The molecular weight excluding hydrogens is 268 g/mol. The van der Waals surface area contributed by atoms with Crippen molar-refractivity contribution in [2.24, 2.45) is 0 Å². The highest BCUT2D eigenvalue weighted by Crippen LogP contribution is 2.30. The monoisotopic (exact) mass is 288 g/mol. The van der Waals surface area contributed by atoms with Crippen LogP contribution in [0, 0.1) is 0 Å². The van der Waals surface area contributed by atoms with Crippen LogP contribution in [-0.4, -0.2) is 11.0 Å². The lowest BCUT2D eigenvalue weighted by atomic mass is 9.96. The molecule has 1 saturated carbocycles. The van der Waals surface area contributed by atoms with Gasteiger partial charge >= 0.3 is 0 Å². The van der Waals surface area contributed by atoms with Gasteiger partial charge in [0, 0.05) is 17.6 Å². The molecule has 0 atom stereocenters. The number of benzene rings is 1. The first-order valence-electron chi connectivity index (χ1n) is 7.64. The number of aromatic nitrogens is 1. The molecule has 0 amide bonds. The largest absolute Gasteiger partial charge is 0.381 e. The molecule has 0 bridgehead atoms. The topological polar surface area (TPSA) is 24.9 Å². The van der Waals surface area contributed by atoms with Gasteiger partial charge < -0.3 is 5.32 Å². The maximum Gasteiger partial charge on any atom is 0.0948 e. The maximum absolute atomic E-state index is 6.25. The van der Waals surface area contributed by atoms with E-state index in [0.717, 1.165) is 21.6 Å². The summed E-state index contributed by atoms with van der Waals surface area (Å²) in [5, 5.41) is 5.50. The fourth-order valence-corrected chi connectivity index (χ4v) is 3.29. The van der Waals surface area contributed by atoms with Crippen molar-refractivity contribution in [1.82, 2.24) is 4.98 Å². The van der Waals surface area contributed by atoms with E-state index in [4.69, 9.17) is 11.6 Å². The van der Waals surface area contributed by atoms with Crippen molar-refractivity contribution in [3.63, 3.8) is 0 Å². The zero-order valence-electron chi connectivity index (χ0n) is 11.7. The van der Waals surface area contributed by atoms with Crippen LogP contribution < -0.4 is 5.32 Å². The van der Waals surface area contributed by atoms with Gasteiger partial charge in [0.05, 0.1) is 16.2 Å². The number of nitrogens with one attached hydrogen (secondary N) is 1. The van der Waals surface area contributed by atoms with E-state index < -0.39 is 0 Å². The fraction of sp³-hybridized carbons (Fsp3) is 0.471. The van der Waals surface area contributed by atoms with Gasteiger partial charge in [-0.15, -0.1) is 0 Å². The number of anilines is 1. The number of hydrogen-bond acceptors (Lipinski definition) is 2. The summed E-state index contributed by atoms with van der Waals surface area (Å²) in [7, 11) is 0. The SMILES string of the molecule is Clc1ccc(NC2CCCCCCC2)c2ncccc12. The van der Waals surface area contributed by atoms with Crippen LogP contribution in [0.15, 0.2) is 30.5 Å². The number of hydrogen-bond donors (Lipinski definition) is 1. The van der Waals surface area contributed by atoms with Crippen molar-refractivity contribution >= 4 is 28.2 Å². The molecule has 20 heavy (non-hydrogen) atoms. The van der Waals surface area contributed by atoms with Gasteiger partial charge in [0.2, 0.25) is 0 Å². The molecule has 0 spiro atoms. The number of pyridine rings is 1. The number of fused-ring (bicyclic) bond motifs is 1. The number of nitrogens with zero attached hydrogens (tertiary/aromatic N) is 1. The summed E-state index contributed by atoms with van der Waals surface area (Å²) in [6.07, 6.45) is 11.2. The Balaban J connectivity index is 1.84. The van der Waals surface area contributed by atoms with Crippen LogP contribution in [0.3, 0.4) is 0 Å². The first-order chi connectivity index (χ1) is 9.84. The molecular formula is C17H21ClN2. The van der Waals surface area contributed by atoms with Crippen molar-refractivity contribution in [2.75, 3.05) is 5.32 Å². The predicted octanol–water partition coefficient (Wildman–Crippen LogP) is 5.41. The highest BCUT2D eigenvalue weighted by atomic mass is 35.5. The summed E-state index contributed by atoms with van der Waals surface area (Å²) < 4.78 is 0. The van der Waals surface area contributed by atoms with E-state index >= 15 is 0 Å². The lowest BCUT2D eigenvalue weighted by molar-refractivity contribution is 0.471. The molecule has 1 aliphatic rings. The van der Waals surface area contributed by atoms with Crippen LogP contribution in [-0.2, 0) is 0 Å². The van der Waals surface area contributed by atoms with Gasteiger partial charge in [0.25, 0.3) is 0 Å². The molecule has 1 N–H and O–H groups in total. The van der Waals surface area contributed by atoms with E-state index in [1.165, 1.54) is 44.9 Å². The van der Waals surface area contributed by atoms with Gasteiger partial charge in [-0.25, -0.2) is 0 Å². The Bertz CT molecular complexity index is 574. The molecule has 1 aromatic heterocycles. The van der Waals surface area contributed by atoms with Crippen LogP contribution >= 0.6 is 11.6 Å². The summed E-state index contributed by atoms with van der Waals surface area (Å²) in [5.74, 6) is 0. The van der Waals surface area contributed by atoms with Crippen LogP contribution in [0.2, 0.25) is 5.02 Å². The van der Waals surface area contributed by atoms with Crippen LogP contribution in [0.5, 0.6) is 0 Å². The lowest BCUT2D eigenvalue weighted by Gasteiger charge is -2.22. The van der Waals surface area contributed by atoms with E-state index in [1.807, 2.05) is 24.4 Å². The molecule has 0 saturated heterocycles. The Morgan fingerprint density at radius 3 is 2.55 bits per heavy atom. The second kappa shape index (κ2) is 6.45. The second-order valence-electron chi connectivity index (χ2n) is 5.68. The first-order valence-corrected chi connectivity index (χ1v) is 8.02. The third kappa shape index (κ3) is 3.06. The highest BCUT2D eigenvalue weighted by Gasteiger charge is 2.13. The minimum Gasteiger partial charge on any atom is -0.381 e. The van der Waals surface area contributed by atoms with Crippen molar-refractivity contribution < 1.29 is 0 Å². The molecule has 0 aliphatic heterocycles. The van der Waals surface area contributed by atoms with Crippen molar-refractivity contribution in [3.8, 4) is 0 Å². The second-order valence-corrected chi connectivity index (χ2v) is 6.09. The first kappa shape index (κ1) is 13.7. The molecule has 1 aromatic carbocycles. The quantitative estimate of drug-likeness (QED) is 0.799. The molecule has 2 nitrogen and oxygen atoms in total. The fourth-order valence-electron chi connectivity index (χ4n) is 3.07. The Morgan fingerprint density at radius 2 is 1.75 bits per heavy atom.